The Bertz CT molecular complexity index is 558. The van der Waals surface area contributed by atoms with Crippen LogP contribution in [-0.4, -0.2) is 27.5 Å². The van der Waals surface area contributed by atoms with Crippen LogP contribution in [0.15, 0.2) is 17.0 Å². The van der Waals surface area contributed by atoms with Gasteiger partial charge in [-0.2, -0.15) is 0 Å². The average molecular weight is 300 g/mol. The monoisotopic (exact) mass is 300 g/mol. The van der Waals surface area contributed by atoms with Crippen molar-refractivity contribution >= 4 is 10.0 Å². The fourth-order valence-corrected chi connectivity index (χ4v) is 4.26. The van der Waals surface area contributed by atoms with Crippen LogP contribution in [0.3, 0.4) is 0 Å². The second-order valence-corrected chi connectivity index (χ2v) is 7.05. The van der Waals surface area contributed by atoms with Crippen molar-refractivity contribution < 1.29 is 12.8 Å². The molecule has 1 aliphatic rings. The number of hydrogen-bond donors (Lipinski definition) is 2. The molecular weight excluding hydrogens is 279 g/mol. The van der Waals surface area contributed by atoms with E-state index in [9.17, 15) is 12.8 Å². The molecule has 6 heteroatoms. The van der Waals surface area contributed by atoms with Gasteiger partial charge in [-0.25, -0.2) is 17.5 Å². The van der Waals surface area contributed by atoms with Crippen LogP contribution in [0.4, 0.5) is 4.39 Å². The van der Waals surface area contributed by atoms with Crippen molar-refractivity contribution in [2.24, 2.45) is 0 Å². The standard InChI is InChI=1S/C14H21FN2O2S/c1-10-8-12(15)9-11(2)14(10)20(18,19)17-7-5-13-4-3-6-16-13/h8-9,13,16-17H,3-7H2,1-2H3. The highest BCUT2D eigenvalue weighted by molar-refractivity contribution is 7.89. The largest absolute Gasteiger partial charge is 0.314 e. The third-order valence-electron chi connectivity index (χ3n) is 3.64. The molecular formula is C14H21FN2O2S. The number of aryl methyl sites for hydroxylation is 2. The summed E-state index contributed by atoms with van der Waals surface area (Å²) in [6.45, 7) is 4.64. The van der Waals surface area contributed by atoms with Crippen LogP contribution in [0, 0.1) is 19.7 Å². The van der Waals surface area contributed by atoms with Crippen molar-refractivity contribution in [1.82, 2.24) is 10.0 Å². The van der Waals surface area contributed by atoms with Gasteiger partial charge in [-0.15, -0.1) is 0 Å². The number of benzene rings is 1. The van der Waals surface area contributed by atoms with Crippen molar-refractivity contribution in [1.29, 1.82) is 0 Å². The molecule has 0 amide bonds. The second-order valence-electron chi connectivity index (χ2n) is 5.35. The summed E-state index contributed by atoms with van der Waals surface area (Å²) in [7, 11) is -3.57. The lowest BCUT2D eigenvalue weighted by Crippen LogP contribution is -2.31. The van der Waals surface area contributed by atoms with Crippen molar-refractivity contribution in [2.45, 2.75) is 44.0 Å². The molecule has 0 bridgehead atoms. The highest BCUT2D eigenvalue weighted by atomic mass is 32.2. The summed E-state index contributed by atoms with van der Waals surface area (Å²) in [5.74, 6) is -0.408. The summed E-state index contributed by atoms with van der Waals surface area (Å²) in [4.78, 5) is 0.193. The Morgan fingerprint density at radius 3 is 2.55 bits per heavy atom. The zero-order chi connectivity index (χ0) is 14.8. The van der Waals surface area contributed by atoms with Crippen LogP contribution in [0.25, 0.3) is 0 Å². The molecule has 2 N–H and O–H groups in total. The van der Waals surface area contributed by atoms with E-state index < -0.39 is 15.8 Å². The fourth-order valence-electron chi connectivity index (χ4n) is 2.76. The van der Waals surface area contributed by atoms with Gasteiger partial charge in [0.15, 0.2) is 0 Å². The fraction of sp³-hybridized carbons (Fsp3) is 0.571. The molecule has 1 heterocycles. The summed E-state index contributed by atoms with van der Waals surface area (Å²) in [5.41, 5.74) is 0.878. The molecule has 4 nitrogen and oxygen atoms in total. The molecule has 20 heavy (non-hydrogen) atoms. The van der Waals surface area contributed by atoms with Crippen LogP contribution in [-0.2, 0) is 10.0 Å². The molecule has 0 radical (unpaired) electrons. The lowest BCUT2D eigenvalue weighted by atomic mass is 10.1. The Kier molecular flexibility index (Phi) is 4.78. The molecule has 0 spiro atoms. The normalized spacial score (nSPS) is 19.4. The molecule has 1 atom stereocenters. The van der Waals surface area contributed by atoms with Gasteiger partial charge in [0, 0.05) is 12.6 Å². The van der Waals surface area contributed by atoms with Gasteiger partial charge in [-0.3, -0.25) is 0 Å². The van der Waals surface area contributed by atoms with E-state index in [4.69, 9.17) is 0 Å². The Labute approximate surface area is 119 Å². The minimum atomic E-state index is -3.57. The van der Waals surface area contributed by atoms with Gasteiger partial charge >= 0.3 is 0 Å². The summed E-state index contributed by atoms with van der Waals surface area (Å²) in [6, 6.07) is 2.90. The lowest BCUT2D eigenvalue weighted by Gasteiger charge is -2.14. The first-order valence-electron chi connectivity index (χ1n) is 6.90. The van der Waals surface area contributed by atoms with E-state index in [1.807, 2.05) is 0 Å². The molecule has 0 aromatic heterocycles. The SMILES string of the molecule is Cc1cc(F)cc(C)c1S(=O)(=O)NCCC1CCCN1. The third-order valence-corrected chi connectivity index (χ3v) is 5.41. The van der Waals surface area contributed by atoms with Gasteiger partial charge < -0.3 is 5.32 Å². The molecule has 112 valence electrons. The zero-order valence-corrected chi connectivity index (χ0v) is 12.7. The highest BCUT2D eigenvalue weighted by Gasteiger charge is 2.21. The molecule has 1 fully saturated rings. The van der Waals surface area contributed by atoms with E-state index in [1.54, 1.807) is 13.8 Å². The van der Waals surface area contributed by atoms with Gasteiger partial charge in [0.05, 0.1) is 4.90 Å². The predicted octanol–water partition coefficient (Wildman–Crippen LogP) is 1.86. The first-order valence-corrected chi connectivity index (χ1v) is 8.38. The molecule has 1 aliphatic heterocycles. The van der Waals surface area contributed by atoms with Crippen LogP contribution in [0.5, 0.6) is 0 Å². The van der Waals surface area contributed by atoms with Gasteiger partial charge in [-0.05, 0) is 62.9 Å². The minimum Gasteiger partial charge on any atom is -0.314 e. The Hall–Kier alpha value is -0.980. The van der Waals surface area contributed by atoms with Crippen molar-refractivity contribution in [3.8, 4) is 0 Å². The summed E-state index contributed by atoms with van der Waals surface area (Å²) >= 11 is 0. The number of halogens is 1. The minimum absolute atomic E-state index is 0.193. The first-order chi connectivity index (χ1) is 9.40. The summed E-state index contributed by atoms with van der Waals surface area (Å²) in [5, 5.41) is 3.33. The van der Waals surface area contributed by atoms with E-state index in [-0.39, 0.29) is 4.90 Å². The van der Waals surface area contributed by atoms with Crippen molar-refractivity contribution in [2.75, 3.05) is 13.1 Å². The van der Waals surface area contributed by atoms with Gasteiger partial charge in [-0.1, -0.05) is 0 Å². The maximum Gasteiger partial charge on any atom is 0.241 e. The zero-order valence-electron chi connectivity index (χ0n) is 11.9. The number of rotatable bonds is 5. The van der Waals surface area contributed by atoms with E-state index in [2.05, 4.69) is 10.0 Å². The molecule has 1 aromatic rings. The van der Waals surface area contributed by atoms with E-state index >= 15 is 0 Å². The maximum atomic E-state index is 13.2. The molecule has 0 saturated carbocycles. The van der Waals surface area contributed by atoms with Crippen LogP contribution >= 0.6 is 0 Å². The third kappa shape index (κ3) is 3.56. The molecule has 1 unspecified atom stereocenters. The second kappa shape index (κ2) is 6.20. The lowest BCUT2D eigenvalue weighted by molar-refractivity contribution is 0.539. The number of nitrogens with one attached hydrogen (secondary N) is 2. The molecule has 2 rings (SSSR count). The quantitative estimate of drug-likeness (QED) is 0.872. The van der Waals surface area contributed by atoms with Crippen LogP contribution in [0.2, 0.25) is 0 Å². The maximum absolute atomic E-state index is 13.2. The highest BCUT2D eigenvalue weighted by Crippen LogP contribution is 2.21. The number of hydrogen-bond acceptors (Lipinski definition) is 3. The van der Waals surface area contributed by atoms with Gasteiger partial charge in [0.2, 0.25) is 10.0 Å². The summed E-state index contributed by atoms with van der Waals surface area (Å²) in [6.07, 6.45) is 3.02. The van der Waals surface area contributed by atoms with E-state index in [0.29, 0.717) is 23.7 Å². The van der Waals surface area contributed by atoms with Crippen molar-refractivity contribution in [3.05, 3.63) is 29.1 Å². The molecule has 1 saturated heterocycles. The summed E-state index contributed by atoms with van der Waals surface area (Å²) < 4.78 is 40.5. The first kappa shape index (κ1) is 15.4. The van der Waals surface area contributed by atoms with Gasteiger partial charge in [0.1, 0.15) is 5.82 Å². The Balaban J connectivity index is 2.06. The van der Waals surface area contributed by atoms with Crippen molar-refractivity contribution in [3.63, 3.8) is 0 Å². The Morgan fingerprint density at radius 2 is 2.00 bits per heavy atom. The predicted molar refractivity (Wildman–Crippen MR) is 76.7 cm³/mol. The van der Waals surface area contributed by atoms with Gasteiger partial charge in [0.25, 0.3) is 0 Å². The van der Waals surface area contributed by atoms with E-state index in [1.165, 1.54) is 12.1 Å². The van der Waals surface area contributed by atoms with E-state index in [0.717, 1.165) is 25.8 Å². The number of sulfonamides is 1. The van der Waals surface area contributed by atoms with Crippen LogP contribution < -0.4 is 10.0 Å². The van der Waals surface area contributed by atoms with Crippen LogP contribution in [0.1, 0.15) is 30.4 Å². The smallest absolute Gasteiger partial charge is 0.241 e. The average Bonchev–Trinajstić information content (AvgIpc) is 2.79. The molecule has 0 aliphatic carbocycles. The molecule has 1 aromatic carbocycles. The Morgan fingerprint density at radius 1 is 1.35 bits per heavy atom. The topological polar surface area (TPSA) is 58.2 Å².